The zero-order valence-electron chi connectivity index (χ0n) is 22.3. The van der Waals surface area contributed by atoms with Crippen molar-refractivity contribution in [2.75, 3.05) is 44.3 Å². The molecule has 11 nitrogen and oxygen atoms in total. The third kappa shape index (κ3) is 9.54. The number of ether oxygens (including phenoxy) is 1. The molecule has 5 rings (SSSR count). The van der Waals surface area contributed by atoms with Gasteiger partial charge in [-0.05, 0) is 44.2 Å². The van der Waals surface area contributed by atoms with Gasteiger partial charge in [0.1, 0.15) is 0 Å². The number of morpholine rings is 1. The predicted octanol–water partition coefficient (Wildman–Crippen LogP) is 3.53. The Morgan fingerprint density at radius 2 is 1.57 bits per heavy atom. The van der Waals surface area contributed by atoms with Gasteiger partial charge in [-0.1, -0.05) is 6.07 Å². The van der Waals surface area contributed by atoms with Gasteiger partial charge in [0, 0.05) is 37.8 Å². The lowest BCUT2D eigenvalue weighted by molar-refractivity contribution is -0.193. The molecule has 2 saturated heterocycles. The molecule has 1 atom stereocenters. The van der Waals surface area contributed by atoms with E-state index < -0.39 is 24.3 Å². The molecular weight excluding hydrogens is 578 g/mol. The van der Waals surface area contributed by atoms with Gasteiger partial charge in [-0.15, -0.1) is 0 Å². The fraction of sp³-hybridized carbons (Fsp3) is 0.480. The Labute approximate surface area is 235 Å². The van der Waals surface area contributed by atoms with Crippen molar-refractivity contribution in [3.63, 3.8) is 0 Å². The number of aryl methyl sites for hydroxylation is 1. The zero-order valence-corrected chi connectivity index (χ0v) is 22.3. The lowest BCUT2D eigenvalue weighted by atomic mass is 10.1. The fourth-order valence-electron chi connectivity index (χ4n) is 4.17. The molecule has 2 fully saturated rings. The monoisotopic (exact) mass is 606 g/mol. The van der Waals surface area contributed by atoms with Gasteiger partial charge in [0.2, 0.25) is 0 Å². The lowest BCUT2D eigenvalue weighted by Gasteiger charge is -2.28. The number of carbonyl (C=O) groups is 2. The number of carboxylic acids is 2. The molecular formula is C25H28F6N6O5. The number of rotatable bonds is 4. The van der Waals surface area contributed by atoms with Crippen molar-refractivity contribution in [3.05, 3.63) is 53.7 Å². The van der Waals surface area contributed by atoms with Gasteiger partial charge in [-0.3, -0.25) is 9.88 Å². The maximum Gasteiger partial charge on any atom is 0.490 e. The summed E-state index contributed by atoms with van der Waals surface area (Å²) in [4.78, 5) is 32.0. The molecule has 3 aromatic heterocycles. The minimum atomic E-state index is -5.08. The first-order valence-corrected chi connectivity index (χ1v) is 12.6. The Kier molecular flexibility index (Phi) is 10.7. The van der Waals surface area contributed by atoms with E-state index in [9.17, 15) is 26.3 Å². The summed E-state index contributed by atoms with van der Waals surface area (Å²) in [5.74, 6) is -4.17. The van der Waals surface area contributed by atoms with Gasteiger partial charge >= 0.3 is 24.3 Å². The Bertz CT molecular complexity index is 1340. The van der Waals surface area contributed by atoms with Crippen LogP contribution in [0.4, 0.5) is 32.0 Å². The third-order valence-corrected chi connectivity index (χ3v) is 6.16. The smallest absolute Gasteiger partial charge is 0.475 e. The van der Waals surface area contributed by atoms with Crippen LogP contribution in [0.1, 0.15) is 29.6 Å². The number of fused-ring (bicyclic) bond motifs is 1. The van der Waals surface area contributed by atoms with Crippen LogP contribution >= 0.6 is 0 Å². The maximum absolute atomic E-state index is 10.6. The minimum Gasteiger partial charge on any atom is -0.475 e. The quantitative estimate of drug-likeness (QED) is 0.425. The Balaban J connectivity index is 0.000000289. The van der Waals surface area contributed by atoms with Gasteiger partial charge in [0.15, 0.2) is 11.5 Å². The summed E-state index contributed by atoms with van der Waals surface area (Å²) in [6.45, 7) is 8.42. The van der Waals surface area contributed by atoms with Crippen LogP contribution in [0.5, 0.6) is 0 Å². The van der Waals surface area contributed by atoms with E-state index >= 15 is 0 Å². The van der Waals surface area contributed by atoms with Crippen molar-refractivity contribution >= 4 is 23.3 Å². The Morgan fingerprint density at radius 3 is 2.14 bits per heavy atom. The van der Waals surface area contributed by atoms with E-state index in [4.69, 9.17) is 34.6 Å². The number of likely N-dealkylation sites (tertiary alicyclic amines) is 1. The van der Waals surface area contributed by atoms with Crippen molar-refractivity contribution in [1.82, 2.24) is 24.5 Å². The van der Waals surface area contributed by atoms with Crippen LogP contribution in [0.3, 0.4) is 0 Å². The lowest BCUT2D eigenvalue weighted by Crippen LogP contribution is -2.36. The van der Waals surface area contributed by atoms with Gasteiger partial charge in [-0.2, -0.15) is 31.4 Å². The molecule has 0 radical (unpaired) electrons. The average Bonchev–Trinajstić information content (AvgIpc) is 3.55. The standard InChI is InChI=1S/C21H26N6O.2C2HF3O2/c1-16-3-2-4-18(22-16)14-25-8-7-17(13-25)21-23-20-6-5-19(15-27(20)24-21)26-9-11-28-12-10-26;2*3-2(4,5)1(6)7/h2-6,15,17H,7-14H2,1H3;2*(H,6,7). The van der Waals surface area contributed by atoms with E-state index in [-0.39, 0.29) is 0 Å². The number of pyridine rings is 2. The molecule has 2 N–H and O–H groups in total. The number of hydrogen-bond donors (Lipinski definition) is 2. The van der Waals surface area contributed by atoms with Crippen LogP contribution in [0.15, 0.2) is 36.5 Å². The van der Waals surface area contributed by atoms with Gasteiger partial charge in [0.25, 0.3) is 0 Å². The number of carboxylic acid groups (broad SMARTS) is 2. The summed E-state index contributed by atoms with van der Waals surface area (Å²) in [6.07, 6.45) is -6.97. The Morgan fingerprint density at radius 1 is 0.952 bits per heavy atom. The van der Waals surface area contributed by atoms with E-state index in [1.54, 1.807) is 0 Å². The topological polar surface area (TPSA) is 133 Å². The molecule has 0 amide bonds. The Hall–Kier alpha value is -3.99. The highest BCUT2D eigenvalue weighted by Crippen LogP contribution is 2.27. The number of hydrogen-bond acceptors (Lipinski definition) is 8. The summed E-state index contributed by atoms with van der Waals surface area (Å²) in [6, 6.07) is 10.5. The van der Waals surface area contributed by atoms with Gasteiger partial charge < -0.3 is 19.8 Å². The largest absolute Gasteiger partial charge is 0.490 e. The fourth-order valence-corrected chi connectivity index (χ4v) is 4.17. The van der Waals surface area contributed by atoms with Crippen molar-refractivity contribution < 1.29 is 50.9 Å². The first kappa shape index (κ1) is 32.5. The molecule has 0 bridgehead atoms. The normalized spacial score (nSPS) is 17.7. The van der Waals surface area contributed by atoms with Crippen LogP contribution in [0.2, 0.25) is 0 Å². The van der Waals surface area contributed by atoms with E-state index in [0.29, 0.717) is 5.92 Å². The second kappa shape index (κ2) is 13.8. The van der Waals surface area contributed by atoms with Crippen LogP contribution in [-0.2, 0) is 20.9 Å². The molecule has 3 aromatic rings. The van der Waals surface area contributed by atoms with Gasteiger partial charge in [0.05, 0.1) is 30.8 Å². The van der Waals surface area contributed by atoms with E-state index in [1.165, 1.54) is 5.69 Å². The van der Waals surface area contributed by atoms with E-state index in [0.717, 1.165) is 75.2 Å². The zero-order chi connectivity index (χ0) is 31.1. The highest BCUT2D eigenvalue weighted by molar-refractivity contribution is 5.73. The molecule has 1 unspecified atom stereocenters. The summed E-state index contributed by atoms with van der Waals surface area (Å²) in [5, 5.41) is 19.1. The SMILES string of the molecule is Cc1cccc(CN2CCC(c3nc4ccc(N5CCOCC5)cn4n3)C2)n1.O=C(O)C(F)(F)F.O=C(O)C(F)(F)F. The minimum absolute atomic E-state index is 0.386. The summed E-state index contributed by atoms with van der Waals surface area (Å²) >= 11 is 0. The van der Waals surface area contributed by atoms with Crippen LogP contribution in [0.25, 0.3) is 5.65 Å². The van der Waals surface area contributed by atoms with Crippen LogP contribution in [-0.4, -0.2) is 98.4 Å². The van der Waals surface area contributed by atoms with Crippen molar-refractivity contribution in [1.29, 1.82) is 0 Å². The number of anilines is 1. The number of aromatic nitrogens is 4. The molecule has 42 heavy (non-hydrogen) atoms. The second-order valence-electron chi connectivity index (χ2n) is 9.36. The number of aliphatic carboxylic acids is 2. The molecule has 0 saturated carbocycles. The van der Waals surface area contributed by atoms with Crippen molar-refractivity contribution in [2.24, 2.45) is 0 Å². The number of alkyl halides is 6. The second-order valence-corrected chi connectivity index (χ2v) is 9.36. The van der Waals surface area contributed by atoms with Crippen LogP contribution < -0.4 is 4.90 Å². The number of halogens is 6. The van der Waals surface area contributed by atoms with Crippen molar-refractivity contribution in [2.45, 2.75) is 38.2 Å². The molecule has 2 aliphatic rings. The first-order chi connectivity index (χ1) is 19.6. The van der Waals surface area contributed by atoms with E-state index in [1.807, 2.05) is 17.5 Å². The average molecular weight is 607 g/mol. The summed E-state index contributed by atoms with van der Waals surface area (Å²) in [5.41, 5.74) is 4.32. The molecule has 17 heteroatoms. The molecule has 0 aromatic carbocycles. The molecule has 5 heterocycles. The first-order valence-electron chi connectivity index (χ1n) is 12.6. The molecule has 0 spiro atoms. The highest BCUT2D eigenvalue weighted by atomic mass is 19.4. The van der Waals surface area contributed by atoms with Gasteiger partial charge in [-0.25, -0.2) is 19.1 Å². The predicted molar refractivity (Wildman–Crippen MR) is 135 cm³/mol. The maximum atomic E-state index is 10.6. The highest BCUT2D eigenvalue weighted by Gasteiger charge is 2.39. The van der Waals surface area contributed by atoms with E-state index in [2.05, 4.69) is 45.2 Å². The summed E-state index contributed by atoms with van der Waals surface area (Å²) < 4.78 is 70.9. The summed E-state index contributed by atoms with van der Waals surface area (Å²) in [7, 11) is 0. The van der Waals surface area contributed by atoms with Crippen LogP contribution in [0, 0.1) is 6.92 Å². The van der Waals surface area contributed by atoms with Crippen molar-refractivity contribution in [3.8, 4) is 0 Å². The molecule has 2 aliphatic heterocycles. The third-order valence-electron chi connectivity index (χ3n) is 6.16. The molecule has 230 valence electrons. The number of nitrogens with zero attached hydrogens (tertiary/aromatic N) is 6. The molecule has 0 aliphatic carbocycles.